The number of phenols is 1. The van der Waals surface area contributed by atoms with Crippen molar-refractivity contribution in [1.82, 2.24) is 5.32 Å². The van der Waals surface area contributed by atoms with E-state index in [-0.39, 0.29) is 23.1 Å². The Kier molecular flexibility index (Phi) is 3.91. The molecule has 0 spiro atoms. The van der Waals surface area contributed by atoms with E-state index in [0.717, 1.165) is 5.56 Å². The predicted molar refractivity (Wildman–Crippen MR) is 66.9 cm³/mol. The fourth-order valence-corrected chi connectivity index (χ4v) is 2.92. The lowest BCUT2D eigenvalue weighted by atomic mass is 10.2. The highest BCUT2D eigenvalue weighted by atomic mass is 32.2. The number of benzene rings is 1. The number of ether oxygens (including phenoxy) is 1. The zero-order valence-corrected chi connectivity index (χ0v) is 10.4. The number of carbonyl (C=O) groups is 1. The number of nitrogens with one attached hydrogen (secondary N) is 1. The van der Waals surface area contributed by atoms with Gasteiger partial charge in [0.05, 0.1) is 12.0 Å². The molecule has 0 amide bonds. The Morgan fingerprint density at radius 3 is 2.88 bits per heavy atom. The molecule has 1 aromatic carbocycles. The first-order valence-electron chi connectivity index (χ1n) is 5.54. The van der Waals surface area contributed by atoms with Crippen molar-refractivity contribution < 1.29 is 14.6 Å². The molecule has 2 unspecified atom stereocenters. The van der Waals surface area contributed by atoms with Crippen molar-refractivity contribution in [3.05, 3.63) is 29.8 Å². The quantitative estimate of drug-likeness (QED) is 0.802. The molecule has 0 aromatic heterocycles. The van der Waals surface area contributed by atoms with Gasteiger partial charge in [0.15, 0.2) is 0 Å². The summed E-state index contributed by atoms with van der Waals surface area (Å²) in [5.41, 5.74) is 1.06. The van der Waals surface area contributed by atoms with Crippen LogP contribution in [0.3, 0.4) is 0 Å². The minimum atomic E-state index is -0.237. The van der Waals surface area contributed by atoms with Gasteiger partial charge in [0.1, 0.15) is 11.8 Å². The predicted octanol–water partition coefficient (Wildman–Crippen LogP) is 1.66. The number of phenolic OH excluding ortho intramolecular Hbond substituents is 1. The van der Waals surface area contributed by atoms with Crippen molar-refractivity contribution in [2.45, 2.75) is 18.3 Å². The lowest BCUT2D eigenvalue weighted by molar-refractivity contribution is -0.144. The van der Waals surface area contributed by atoms with E-state index < -0.39 is 0 Å². The molecular formula is C12H15NO3S. The Hall–Kier alpha value is -1.20. The van der Waals surface area contributed by atoms with Crippen molar-refractivity contribution in [3.63, 3.8) is 0 Å². The maximum absolute atomic E-state index is 11.5. The highest BCUT2D eigenvalue weighted by molar-refractivity contribution is 7.99. The number of aromatic hydroxyl groups is 1. The topological polar surface area (TPSA) is 58.6 Å². The molecule has 1 saturated heterocycles. The lowest BCUT2D eigenvalue weighted by Crippen LogP contribution is -2.35. The summed E-state index contributed by atoms with van der Waals surface area (Å²) in [6.45, 7) is 2.21. The van der Waals surface area contributed by atoms with Crippen LogP contribution in [-0.4, -0.2) is 29.5 Å². The minimum Gasteiger partial charge on any atom is -0.508 e. The molecule has 17 heavy (non-hydrogen) atoms. The summed E-state index contributed by atoms with van der Waals surface area (Å²) < 4.78 is 4.97. The molecule has 2 N–H and O–H groups in total. The van der Waals surface area contributed by atoms with E-state index in [9.17, 15) is 9.90 Å². The van der Waals surface area contributed by atoms with Gasteiger partial charge in [0, 0.05) is 5.75 Å². The zero-order chi connectivity index (χ0) is 12.3. The van der Waals surface area contributed by atoms with E-state index in [4.69, 9.17) is 4.74 Å². The van der Waals surface area contributed by atoms with Crippen LogP contribution in [0.15, 0.2) is 24.3 Å². The van der Waals surface area contributed by atoms with Crippen LogP contribution in [0.25, 0.3) is 0 Å². The molecule has 0 radical (unpaired) electrons. The van der Waals surface area contributed by atoms with Gasteiger partial charge >= 0.3 is 5.97 Å². The summed E-state index contributed by atoms with van der Waals surface area (Å²) in [5.74, 6) is 0.768. The second-order valence-electron chi connectivity index (χ2n) is 3.78. The summed E-state index contributed by atoms with van der Waals surface area (Å²) >= 11 is 1.67. The van der Waals surface area contributed by atoms with Crippen LogP contribution in [0, 0.1) is 0 Å². The molecule has 1 fully saturated rings. The molecule has 0 saturated carbocycles. The largest absolute Gasteiger partial charge is 0.508 e. The Morgan fingerprint density at radius 1 is 1.53 bits per heavy atom. The first-order chi connectivity index (χ1) is 8.20. The Balaban J connectivity index is 1.98. The minimum absolute atomic E-state index is 0.0880. The molecule has 0 aliphatic carbocycles. The van der Waals surface area contributed by atoms with Gasteiger partial charge < -0.3 is 9.84 Å². The summed E-state index contributed by atoms with van der Waals surface area (Å²) in [6, 6.07) is 6.77. The molecule has 1 aromatic rings. The fraction of sp³-hybridized carbons (Fsp3) is 0.417. The van der Waals surface area contributed by atoms with E-state index in [0.29, 0.717) is 12.4 Å². The van der Waals surface area contributed by atoms with Gasteiger partial charge in [0.25, 0.3) is 0 Å². The van der Waals surface area contributed by atoms with Crippen molar-refractivity contribution in [2.75, 3.05) is 12.4 Å². The number of carbonyl (C=O) groups excluding carboxylic acids is 1. The standard InChI is InChI=1S/C12H15NO3S/c1-2-16-12(15)10-7-17-11(13-10)8-3-5-9(14)6-4-8/h3-6,10-11,13-14H,2,7H2,1H3. The molecule has 1 aliphatic heterocycles. The Morgan fingerprint density at radius 2 is 2.24 bits per heavy atom. The summed E-state index contributed by atoms with van der Waals surface area (Å²) in [5, 5.41) is 12.5. The first-order valence-corrected chi connectivity index (χ1v) is 6.59. The zero-order valence-electron chi connectivity index (χ0n) is 9.55. The molecule has 4 nitrogen and oxygen atoms in total. The molecule has 5 heteroatoms. The van der Waals surface area contributed by atoms with Gasteiger partial charge in [-0.05, 0) is 24.6 Å². The third kappa shape index (κ3) is 2.92. The Bertz CT molecular complexity index is 393. The number of esters is 1. The van der Waals surface area contributed by atoms with Crippen molar-refractivity contribution in [2.24, 2.45) is 0 Å². The molecule has 92 valence electrons. The number of hydrogen-bond acceptors (Lipinski definition) is 5. The van der Waals surface area contributed by atoms with Gasteiger partial charge in [-0.3, -0.25) is 10.1 Å². The second kappa shape index (κ2) is 5.42. The normalized spacial score (nSPS) is 23.6. The van der Waals surface area contributed by atoms with Gasteiger partial charge in [-0.2, -0.15) is 0 Å². The van der Waals surface area contributed by atoms with E-state index in [2.05, 4.69) is 5.32 Å². The Labute approximate surface area is 104 Å². The monoisotopic (exact) mass is 253 g/mol. The van der Waals surface area contributed by atoms with Gasteiger partial charge in [-0.25, -0.2) is 0 Å². The third-order valence-electron chi connectivity index (χ3n) is 2.55. The van der Waals surface area contributed by atoms with Crippen molar-refractivity contribution >= 4 is 17.7 Å². The van der Waals surface area contributed by atoms with Crippen LogP contribution >= 0.6 is 11.8 Å². The maximum Gasteiger partial charge on any atom is 0.324 e. The highest BCUT2D eigenvalue weighted by Crippen LogP contribution is 2.33. The van der Waals surface area contributed by atoms with Crippen LogP contribution < -0.4 is 5.32 Å². The van der Waals surface area contributed by atoms with Gasteiger partial charge in [-0.15, -0.1) is 11.8 Å². The summed E-state index contributed by atoms with van der Waals surface area (Å²) in [6.07, 6.45) is 0. The highest BCUT2D eigenvalue weighted by Gasteiger charge is 2.31. The average molecular weight is 253 g/mol. The average Bonchev–Trinajstić information content (AvgIpc) is 2.80. The first kappa shape index (κ1) is 12.3. The number of thioether (sulfide) groups is 1. The SMILES string of the molecule is CCOC(=O)C1CSC(c2ccc(O)cc2)N1. The molecule has 1 aliphatic rings. The van der Waals surface area contributed by atoms with Gasteiger partial charge in [0.2, 0.25) is 0 Å². The van der Waals surface area contributed by atoms with Crippen molar-refractivity contribution in [1.29, 1.82) is 0 Å². The smallest absolute Gasteiger partial charge is 0.324 e. The molecular weight excluding hydrogens is 238 g/mol. The van der Waals surface area contributed by atoms with Gasteiger partial charge in [-0.1, -0.05) is 12.1 Å². The molecule has 0 bridgehead atoms. The molecule has 2 rings (SSSR count). The second-order valence-corrected chi connectivity index (χ2v) is 4.91. The summed E-state index contributed by atoms with van der Waals surface area (Å²) in [7, 11) is 0. The lowest BCUT2D eigenvalue weighted by Gasteiger charge is -2.12. The van der Waals surface area contributed by atoms with Crippen LogP contribution in [0.2, 0.25) is 0 Å². The number of rotatable bonds is 3. The van der Waals surface area contributed by atoms with Crippen LogP contribution in [0.5, 0.6) is 5.75 Å². The van der Waals surface area contributed by atoms with E-state index in [1.807, 2.05) is 12.1 Å². The van der Waals surface area contributed by atoms with Crippen molar-refractivity contribution in [3.8, 4) is 5.75 Å². The molecule has 1 heterocycles. The third-order valence-corrected chi connectivity index (χ3v) is 3.82. The van der Waals surface area contributed by atoms with Crippen LogP contribution in [0.1, 0.15) is 17.9 Å². The molecule has 2 atom stereocenters. The van der Waals surface area contributed by atoms with E-state index in [1.165, 1.54) is 0 Å². The maximum atomic E-state index is 11.5. The van der Waals surface area contributed by atoms with Crippen LogP contribution in [0.4, 0.5) is 0 Å². The van der Waals surface area contributed by atoms with E-state index >= 15 is 0 Å². The fourth-order valence-electron chi connectivity index (χ4n) is 1.69. The summed E-state index contributed by atoms with van der Waals surface area (Å²) in [4.78, 5) is 11.5. The number of hydrogen-bond donors (Lipinski definition) is 2. The van der Waals surface area contributed by atoms with Crippen LogP contribution in [-0.2, 0) is 9.53 Å². The van der Waals surface area contributed by atoms with E-state index in [1.54, 1.807) is 30.8 Å².